The van der Waals surface area contributed by atoms with Crippen LogP contribution in [-0.2, 0) is 9.53 Å². The quantitative estimate of drug-likeness (QED) is 0.700. The number of nitrogens with zero attached hydrogens (tertiary/aromatic N) is 4. The summed E-state index contributed by atoms with van der Waals surface area (Å²) >= 11 is 0. The Balaban J connectivity index is 1.40. The number of nitrogens with one attached hydrogen (secondary N) is 1. The van der Waals surface area contributed by atoms with Gasteiger partial charge in [-0.25, -0.2) is 0 Å². The Morgan fingerprint density at radius 1 is 1.22 bits per heavy atom. The highest BCUT2D eigenvalue weighted by molar-refractivity contribution is 6.00. The Morgan fingerprint density at radius 2 is 1.97 bits per heavy atom. The molecule has 2 aliphatic rings. The fourth-order valence-electron chi connectivity index (χ4n) is 4.45. The van der Waals surface area contributed by atoms with E-state index in [0.717, 1.165) is 50.6 Å². The number of ether oxygens (including phenoxy) is 2. The van der Waals surface area contributed by atoms with E-state index in [2.05, 4.69) is 15.1 Å². The molecule has 1 unspecified atom stereocenters. The standard InChI is InChI=1S/C23H31N5O4/c1-17(29)28(10-9-26-11-13-32-14-12-26)19-7-8-27(16-19)23(30)21-15-24-25-22(21)18-3-5-20(31-2)6-4-18/h3-6,15,19H,7-14,16H2,1-2H3,(H,24,25). The van der Waals surface area contributed by atoms with Gasteiger partial charge in [0.05, 0.1) is 43.8 Å². The van der Waals surface area contributed by atoms with Gasteiger partial charge in [-0.15, -0.1) is 0 Å². The molecule has 1 aromatic carbocycles. The first-order valence-electron chi connectivity index (χ1n) is 11.1. The molecular weight excluding hydrogens is 410 g/mol. The summed E-state index contributed by atoms with van der Waals surface area (Å²) < 4.78 is 10.6. The zero-order chi connectivity index (χ0) is 22.5. The lowest BCUT2D eigenvalue weighted by atomic mass is 10.1. The second-order valence-electron chi connectivity index (χ2n) is 8.25. The minimum Gasteiger partial charge on any atom is -0.497 e. The SMILES string of the molecule is COc1ccc(-c2[nH]ncc2C(=O)N2CCC(N(CCN3CCOCC3)C(C)=O)C2)cc1. The van der Waals surface area contributed by atoms with Gasteiger partial charge in [0.1, 0.15) is 5.75 Å². The lowest BCUT2D eigenvalue weighted by Gasteiger charge is -2.32. The van der Waals surface area contributed by atoms with E-state index in [4.69, 9.17) is 9.47 Å². The van der Waals surface area contributed by atoms with Gasteiger partial charge in [-0.2, -0.15) is 5.10 Å². The van der Waals surface area contributed by atoms with E-state index in [1.54, 1.807) is 20.2 Å². The maximum absolute atomic E-state index is 13.3. The third-order valence-corrected chi connectivity index (χ3v) is 6.31. The van der Waals surface area contributed by atoms with Gasteiger partial charge in [0.15, 0.2) is 0 Å². The van der Waals surface area contributed by atoms with Crippen molar-refractivity contribution in [2.45, 2.75) is 19.4 Å². The number of rotatable bonds is 7. The van der Waals surface area contributed by atoms with Gasteiger partial charge in [-0.05, 0) is 30.7 Å². The molecule has 0 bridgehead atoms. The fraction of sp³-hybridized carbons (Fsp3) is 0.522. The molecule has 2 saturated heterocycles. The number of likely N-dealkylation sites (tertiary alicyclic amines) is 1. The van der Waals surface area contributed by atoms with Gasteiger partial charge >= 0.3 is 0 Å². The predicted octanol–water partition coefficient (Wildman–Crippen LogP) is 1.48. The Labute approximate surface area is 188 Å². The second kappa shape index (κ2) is 10.1. The first-order chi connectivity index (χ1) is 15.6. The molecule has 9 heteroatoms. The van der Waals surface area contributed by atoms with Crippen LogP contribution in [0, 0.1) is 0 Å². The van der Waals surface area contributed by atoms with E-state index in [1.807, 2.05) is 34.1 Å². The van der Waals surface area contributed by atoms with E-state index in [9.17, 15) is 9.59 Å². The van der Waals surface area contributed by atoms with Crippen LogP contribution in [-0.4, -0.2) is 102 Å². The molecular formula is C23H31N5O4. The number of carbonyl (C=O) groups excluding carboxylic acids is 2. The number of methoxy groups -OCH3 is 1. The van der Waals surface area contributed by atoms with Crippen molar-refractivity contribution in [3.8, 4) is 17.0 Å². The first-order valence-corrected chi connectivity index (χ1v) is 11.1. The van der Waals surface area contributed by atoms with Crippen molar-refractivity contribution in [1.29, 1.82) is 0 Å². The van der Waals surface area contributed by atoms with Crippen molar-refractivity contribution in [3.05, 3.63) is 36.0 Å². The first kappa shape index (κ1) is 22.3. The van der Waals surface area contributed by atoms with Crippen molar-refractivity contribution in [2.24, 2.45) is 0 Å². The zero-order valence-corrected chi connectivity index (χ0v) is 18.7. The van der Waals surface area contributed by atoms with Gasteiger partial charge < -0.3 is 19.3 Å². The summed E-state index contributed by atoms with van der Waals surface area (Å²) in [5.74, 6) is 0.744. The second-order valence-corrected chi connectivity index (χ2v) is 8.25. The van der Waals surface area contributed by atoms with Gasteiger partial charge in [-0.1, -0.05) is 0 Å². The molecule has 2 aliphatic heterocycles. The number of hydrogen-bond acceptors (Lipinski definition) is 6. The monoisotopic (exact) mass is 441 g/mol. The summed E-state index contributed by atoms with van der Waals surface area (Å²) in [7, 11) is 1.62. The summed E-state index contributed by atoms with van der Waals surface area (Å²) in [6.07, 6.45) is 2.36. The van der Waals surface area contributed by atoms with Crippen molar-refractivity contribution >= 4 is 11.8 Å². The Bertz CT molecular complexity index is 923. The molecule has 2 amide bonds. The normalized spacial score (nSPS) is 19.2. The Kier molecular flexibility index (Phi) is 7.06. The van der Waals surface area contributed by atoms with Gasteiger partial charge in [0, 0.05) is 51.8 Å². The smallest absolute Gasteiger partial charge is 0.257 e. The molecule has 3 heterocycles. The van der Waals surface area contributed by atoms with Gasteiger partial charge in [-0.3, -0.25) is 19.6 Å². The summed E-state index contributed by atoms with van der Waals surface area (Å²) in [4.78, 5) is 31.7. The average Bonchev–Trinajstić information content (AvgIpc) is 3.50. The lowest BCUT2D eigenvalue weighted by Crippen LogP contribution is -2.47. The van der Waals surface area contributed by atoms with Crippen LogP contribution in [0.1, 0.15) is 23.7 Å². The van der Waals surface area contributed by atoms with Crippen molar-refractivity contribution in [2.75, 3.05) is 59.6 Å². The van der Waals surface area contributed by atoms with E-state index in [-0.39, 0.29) is 17.9 Å². The topological polar surface area (TPSA) is 91.0 Å². The largest absolute Gasteiger partial charge is 0.497 e. The number of amides is 2. The predicted molar refractivity (Wildman–Crippen MR) is 120 cm³/mol. The number of hydrogen-bond donors (Lipinski definition) is 1. The van der Waals surface area contributed by atoms with Crippen LogP contribution in [0.15, 0.2) is 30.5 Å². The molecule has 9 nitrogen and oxygen atoms in total. The fourth-order valence-corrected chi connectivity index (χ4v) is 4.45. The molecule has 0 radical (unpaired) electrons. The molecule has 32 heavy (non-hydrogen) atoms. The molecule has 0 aliphatic carbocycles. The lowest BCUT2D eigenvalue weighted by molar-refractivity contribution is -0.131. The zero-order valence-electron chi connectivity index (χ0n) is 18.7. The third-order valence-electron chi connectivity index (χ3n) is 6.31. The third kappa shape index (κ3) is 4.94. The van der Waals surface area contributed by atoms with Crippen LogP contribution < -0.4 is 4.74 Å². The summed E-state index contributed by atoms with van der Waals surface area (Å²) in [6.45, 7) is 7.56. The van der Waals surface area contributed by atoms with Crippen LogP contribution >= 0.6 is 0 Å². The number of carbonyl (C=O) groups is 2. The maximum atomic E-state index is 13.3. The summed E-state index contributed by atoms with van der Waals surface area (Å²) in [5.41, 5.74) is 2.11. The van der Waals surface area contributed by atoms with Gasteiger partial charge in [0.2, 0.25) is 5.91 Å². The minimum atomic E-state index is -0.0660. The average molecular weight is 442 g/mol. The van der Waals surface area contributed by atoms with Crippen LogP contribution in [0.25, 0.3) is 11.3 Å². The van der Waals surface area contributed by atoms with Crippen LogP contribution in [0.3, 0.4) is 0 Å². The highest BCUT2D eigenvalue weighted by atomic mass is 16.5. The molecule has 1 N–H and O–H groups in total. The minimum absolute atomic E-state index is 0.0360. The molecule has 4 rings (SSSR count). The maximum Gasteiger partial charge on any atom is 0.257 e. The molecule has 172 valence electrons. The molecule has 1 aromatic heterocycles. The van der Waals surface area contributed by atoms with Crippen molar-refractivity contribution in [1.82, 2.24) is 24.9 Å². The van der Waals surface area contributed by atoms with E-state index in [1.165, 1.54) is 0 Å². The Hall–Kier alpha value is -2.91. The van der Waals surface area contributed by atoms with Gasteiger partial charge in [0.25, 0.3) is 5.91 Å². The van der Waals surface area contributed by atoms with E-state index < -0.39 is 0 Å². The molecule has 2 aromatic rings. The number of benzene rings is 1. The molecule has 2 fully saturated rings. The highest BCUT2D eigenvalue weighted by Crippen LogP contribution is 2.26. The molecule has 1 atom stereocenters. The van der Waals surface area contributed by atoms with Crippen LogP contribution in [0.2, 0.25) is 0 Å². The van der Waals surface area contributed by atoms with Crippen molar-refractivity contribution in [3.63, 3.8) is 0 Å². The number of aromatic nitrogens is 2. The van der Waals surface area contributed by atoms with Crippen LogP contribution in [0.4, 0.5) is 0 Å². The number of H-pyrrole nitrogens is 1. The van der Waals surface area contributed by atoms with E-state index >= 15 is 0 Å². The van der Waals surface area contributed by atoms with E-state index in [0.29, 0.717) is 30.9 Å². The van der Waals surface area contributed by atoms with Crippen molar-refractivity contribution < 1.29 is 19.1 Å². The molecule has 0 spiro atoms. The highest BCUT2D eigenvalue weighted by Gasteiger charge is 2.33. The van der Waals surface area contributed by atoms with Crippen LogP contribution in [0.5, 0.6) is 5.75 Å². The number of morpholine rings is 1. The Morgan fingerprint density at radius 3 is 2.66 bits per heavy atom. The summed E-state index contributed by atoms with van der Waals surface area (Å²) in [5, 5.41) is 7.07. The number of aromatic amines is 1. The summed E-state index contributed by atoms with van der Waals surface area (Å²) in [6, 6.07) is 7.55. The molecule has 0 saturated carbocycles.